The second-order valence-electron chi connectivity index (χ2n) is 2.29. The van der Waals surface area contributed by atoms with Crippen molar-refractivity contribution in [1.82, 2.24) is 9.36 Å². The second-order valence-corrected chi connectivity index (χ2v) is 3.08. The Kier molecular flexibility index (Phi) is 3.25. The first-order valence-corrected chi connectivity index (χ1v) is 4.38. The molecule has 4 nitrogen and oxygen atoms in total. The molecule has 0 aliphatic carbocycles. The molecule has 0 radical (unpaired) electrons. The lowest BCUT2D eigenvalue weighted by molar-refractivity contribution is 0.725. The van der Waals surface area contributed by atoms with Crippen molar-refractivity contribution < 1.29 is 0 Å². The first kappa shape index (κ1) is 8.42. The van der Waals surface area contributed by atoms with Crippen LogP contribution in [0.15, 0.2) is 0 Å². The molecule has 1 aromatic heterocycles. The maximum atomic E-state index is 5.40. The number of nitrogens with two attached hydrogens (primary N) is 2. The van der Waals surface area contributed by atoms with Crippen LogP contribution in [0.5, 0.6) is 0 Å². The number of nitrogen functional groups attached to an aromatic ring is 1. The fraction of sp³-hybridized carbons (Fsp3) is 0.667. The van der Waals surface area contributed by atoms with E-state index < -0.39 is 0 Å². The van der Waals surface area contributed by atoms with Gasteiger partial charge in [0.15, 0.2) is 5.13 Å². The predicted octanol–water partition coefficient (Wildman–Crippen LogP) is 0.402. The molecular weight excluding hydrogens is 160 g/mol. The molecule has 62 valence electrons. The van der Waals surface area contributed by atoms with Crippen molar-refractivity contribution in [2.24, 2.45) is 5.73 Å². The molecular formula is C6H12N4S. The van der Waals surface area contributed by atoms with E-state index in [2.05, 4.69) is 9.36 Å². The van der Waals surface area contributed by atoms with Crippen LogP contribution in [-0.4, -0.2) is 15.9 Å². The van der Waals surface area contributed by atoms with E-state index in [1.807, 2.05) is 0 Å². The Morgan fingerprint density at radius 3 is 2.73 bits per heavy atom. The van der Waals surface area contributed by atoms with Crippen LogP contribution in [0.1, 0.15) is 18.7 Å². The Morgan fingerprint density at radius 2 is 2.18 bits per heavy atom. The van der Waals surface area contributed by atoms with Gasteiger partial charge in [0.25, 0.3) is 0 Å². The van der Waals surface area contributed by atoms with Crippen LogP contribution in [0.3, 0.4) is 0 Å². The Bertz CT molecular complexity index is 210. The van der Waals surface area contributed by atoms with E-state index in [9.17, 15) is 0 Å². The lowest BCUT2D eigenvalue weighted by atomic mass is 10.2. The second kappa shape index (κ2) is 4.25. The zero-order valence-electron chi connectivity index (χ0n) is 6.29. The number of hydrogen-bond donors (Lipinski definition) is 2. The molecule has 0 aliphatic heterocycles. The van der Waals surface area contributed by atoms with Crippen LogP contribution in [-0.2, 0) is 6.42 Å². The van der Waals surface area contributed by atoms with Gasteiger partial charge in [0, 0.05) is 18.0 Å². The van der Waals surface area contributed by atoms with Gasteiger partial charge >= 0.3 is 0 Å². The van der Waals surface area contributed by atoms with Gasteiger partial charge in [-0.3, -0.25) is 0 Å². The van der Waals surface area contributed by atoms with Gasteiger partial charge in [0.05, 0.1) is 0 Å². The van der Waals surface area contributed by atoms with Gasteiger partial charge in [-0.05, 0) is 19.4 Å². The summed E-state index contributed by atoms with van der Waals surface area (Å²) < 4.78 is 4.05. The van der Waals surface area contributed by atoms with Crippen molar-refractivity contribution in [1.29, 1.82) is 0 Å². The summed E-state index contributed by atoms with van der Waals surface area (Å²) in [7, 11) is 0. The van der Waals surface area contributed by atoms with Crippen molar-refractivity contribution >= 4 is 16.7 Å². The molecule has 0 unspecified atom stereocenters. The molecule has 4 N–H and O–H groups in total. The first-order valence-electron chi connectivity index (χ1n) is 3.61. The minimum absolute atomic E-state index is 0.549. The summed E-state index contributed by atoms with van der Waals surface area (Å²) in [5, 5.41) is 0.549. The van der Waals surface area contributed by atoms with Gasteiger partial charge in [-0.15, -0.1) is 0 Å². The van der Waals surface area contributed by atoms with E-state index >= 15 is 0 Å². The van der Waals surface area contributed by atoms with Gasteiger partial charge < -0.3 is 11.5 Å². The van der Waals surface area contributed by atoms with E-state index in [1.165, 1.54) is 11.5 Å². The van der Waals surface area contributed by atoms with Crippen LogP contribution < -0.4 is 11.5 Å². The van der Waals surface area contributed by atoms with Gasteiger partial charge in [-0.25, -0.2) is 4.98 Å². The molecule has 0 aromatic carbocycles. The normalized spacial score (nSPS) is 10.3. The topological polar surface area (TPSA) is 77.8 Å². The number of nitrogens with zero attached hydrogens (tertiary/aromatic N) is 2. The van der Waals surface area contributed by atoms with E-state index in [1.54, 1.807) is 0 Å². The van der Waals surface area contributed by atoms with E-state index in [0.717, 1.165) is 31.6 Å². The van der Waals surface area contributed by atoms with Crippen molar-refractivity contribution in [3.63, 3.8) is 0 Å². The lowest BCUT2D eigenvalue weighted by Gasteiger charge is -1.91. The Labute approximate surface area is 69.8 Å². The smallest absolute Gasteiger partial charge is 0.199 e. The molecule has 0 saturated carbocycles. The summed E-state index contributed by atoms with van der Waals surface area (Å²) in [6.07, 6.45) is 2.97. The van der Waals surface area contributed by atoms with Crippen LogP contribution in [0.4, 0.5) is 5.13 Å². The standard InChI is InChI=1S/C6H12N4S/c7-4-2-1-3-5-9-6(8)11-10-5/h1-4,7H2,(H2,8,9,10). The summed E-state index contributed by atoms with van der Waals surface area (Å²) in [6.45, 7) is 0.736. The lowest BCUT2D eigenvalue weighted by Crippen LogP contribution is -1.99. The summed E-state index contributed by atoms with van der Waals surface area (Å²) in [5.41, 5.74) is 10.7. The largest absolute Gasteiger partial charge is 0.374 e. The fourth-order valence-corrected chi connectivity index (χ4v) is 1.27. The third-order valence-corrected chi connectivity index (χ3v) is 1.92. The first-order chi connectivity index (χ1) is 5.33. The maximum Gasteiger partial charge on any atom is 0.199 e. The Balaban J connectivity index is 2.27. The van der Waals surface area contributed by atoms with Gasteiger partial charge in [-0.2, -0.15) is 4.37 Å². The molecule has 0 saturated heterocycles. The molecule has 0 spiro atoms. The van der Waals surface area contributed by atoms with E-state index in [-0.39, 0.29) is 0 Å². The molecule has 5 heteroatoms. The minimum atomic E-state index is 0.549. The van der Waals surface area contributed by atoms with Crippen molar-refractivity contribution in [2.75, 3.05) is 12.3 Å². The molecule has 0 bridgehead atoms. The van der Waals surface area contributed by atoms with Gasteiger partial charge in [0.1, 0.15) is 5.82 Å². The summed E-state index contributed by atoms with van der Waals surface area (Å²) in [4.78, 5) is 4.03. The Morgan fingerprint density at radius 1 is 1.36 bits per heavy atom. The van der Waals surface area contributed by atoms with Crippen molar-refractivity contribution in [3.05, 3.63) is 5.82 Å². The average Bonchev–Trinajstić information content (AvgIpc) is 2.37. The van der Waals surface area contributed by atoms with Crippen LogP contribution in [0.25, 0.3) is 0 Å². The number of rotatable bonds is 4. The highest BCUT2D eigenvalue weighted by molar-refractivity contribution is 7.09. The number of unbranched alkanes of at least 4 members (excludes halogenated alkanes) is 1. The summed E-state index contributed by atoms with van der Waals surface area (Å²) in [5.74, 6) is 0.848. The minimum Gasteiger partial charge on any atom is -0.374 e. The highest BCUT2D eigenvalue weighted by atomic mass is 32.1. The number of aromatic nitrogens is 2. The number of anilines is 1. The number of aryl methyl sites for hydroxylation is 1. The third-order valence-electron chi connectivity index (χ3n) is 1.34. The number of hydrogen-bond acceptors (Lipinski definition) is 5. The van der Waals surface area contributed by atoms with Crippen LogP contribution in [0, 0.1) is 0 Å². The fourth-order valence-electron chi connectivity index (χ4n) is 0.796. The predicted molar refractivity (Wildman–Crippen MR) is 46.3 cm³/mol. The molecule has 0 amide bonds. The summed E-state index contributed by atoms with van der Waals surface area (Å²) in [6, 6.07) is 0. The van der Waals surface area contributed by atoms with E-state index in [4.69, 9.17) is 11.5 Å². The molecule has 1 aromatic rings. The molecule has 0 atom stereocenters. The van der Waals surface area contributed by atoms with Gasteiger partial charge in [0.2, 0.25) is 0 Å². The highest BCUT2D eigenvalue weighted by Crippen LogP contribution is 2.07. The average molecular weight is 172 g/mol. The van der Waals surface area contributed by atoms with E-state index in [0.29, 0.717) is 5.13 Å². The molecule has 11 heavy (non-hydrogen) atoms. The molecule has 0 aliphatic rings. The monoisotopic (exact) mass is 172 g/mol. The van der Waals surface area contributed by atoms with Gasteiger partial charge in [-0.1, -0.05) is 0 Å². The SMILES string of the molecule is NCCCCc1nsc(N)n1. The van der Waals surface area contributed by atoms with Crippen LogP contribution in [0.2, 0.25) is 0 Å². The van der Waals surface area contributed by atoms with Crippen molar-refractivity contribution in [2.45, 2.75) is 19.3 Å². The molecule has 1 rings (SSSR count). The van der Waals surface area contributed by atoms with Crippen molar-refractivity contribution in [3.8, 4) is 0 Å². The third kappa shape index (κ3) is 2.81. The quantitative estimate of drug-likeness (QED) is 0.644. The van der Waals surface area contributed by atoms with Crippen LogP contribution >= 0.6 is 11.5 Å². The molecule has 0 fully saturated rings. The highest BCUT2D eigenvalue weighted by Gasteiger charge is 1.98. The Hall–Kier alpha value is -0.680. The maximum absolute atomic E-state index is 5.40. The zero-order chi connectivity index (χ0) is 8.10. The molecule has 1 heterocycles. The summed E-state index contributed by atoms with van der Waals surface area (Å²) >= 11 is 1.25. The zero-order valence-corrected chi connectivity index (χ0v) is 7.10.